The van der Waals surface area contributed by atoms with Gasteiger partial charge in [0.05, 0.1) is 71.4 Å². The third-order valence-corrected chi connectivity index (χ3v) is 20.7. The number of piperidine rings is 1. The number of aryl methyl sites for hydroxylation is 1. The number of hydrogen-bond acceptors (Lipinski definition) is 17. The van der Waals surface area contributed by atoms with E-state index in [1.807, 2.05) is 69.3 Å². The van der Waals surface area contributed by atoms with Crippen molar-refractivity contribution in [1.82, 2.24) is 59.7 Å². The minimum absolute atomic E-state index is 0.00883. The molecular formula is C68H76F3N13O9S. The molecule has 4 aromatic heterocycles. The van der Waals surface area contributed by atoms with Crippen molar-refractivity contribution in [3.8, 4) is 44.6 Å². The van der Waals surface area contributed by atoms with Gasteiger partial charge in [0.2, 0.25) is 11.8 Å². The first-order valence-corrected chi connectivity index (χ1v) is 33.5. The lowest BCUT2D eigenvalue weighted by Crippen LogP contribution is -2.50. The average molecular weight is 1310 g/mol. The van der Waals surface area contributed by atoms with Gasteiger partial charge in [-0.25, -0.2) is 32.3 Å². The van der Waals surface area contributed by atoms with Crippen LogP contribution in [-0.4, -0.2) is 177 Å². The zero-order valence-electron chi connectivity index (χ0n) is 52.8. The number of hydrogen-bond donors (Lipinski definition) is 4. The van der Waals surface area contributed by atoms with E-state index < -0.39 is 67.1 Å². The number of aliphatic hydroxyl groups excluding tert-OH is 2. The Kier molecular flexibility index (Phi) is 17.5. The molecule has 6 fully saturated rings. The number of halogens is 3. The highest BCUT2D eigenvalue weighted by Gasteiger charge is 2.48. The number of β-amino-alcohol motifs (C(OH)–C–C–N with tert-alkyl or cyclic N) is 1. The van der Waals surface area contributed by atoms with Crippen molar-refractivity contribution < 1.29 is 57.1 Å². The number of nitrogens with one attached hydrogen (secondary N) is 1. The van der Waals surface area contributed by atoms with Gasteiger partial charge in [-0.05, 0) is 111 Å². The van der Waals surface area contributed by atoms with E-state index in [4.69, 9.17) is 29.3 Å². The van der Waals surface area contributed by atoms with E-state index in [1.165, 1.54) is 31.9 Å². The van der Waals surface area contributed by atoms with Crippen molar-refractivity contribution in [3.63, 3.8) is 0 Å². The highest BCUT2D eigenvalue weighted by Crippen LogP contribution is 2.54. The second-order valence-corrected chi connectivity index (χ2v) is 27.2. The number of nitrogens with zero attached hydrogens (tertiary/aromatic N) is 12. The monoisotopic (exact) mass is 1310 g/mol. The van der Waals surface area contributed by atoms with E-state index in [-0.39, 0.29) is 68.8 Å². The number of carbonyl (C=O) groups excluding carboxylic acids is 2. The summed E-state index contributed by atoms with van der Waals surface area (Å²) < 4.78 is 67.5. The number of amides is 3. The fourth-order valence-corrected chi connectivity index (χ4v) is 15.5. The Hall–Kier alpha value is -8.30. The maximum absolute atomic E-state index is 17.0. The summed E-state index contributed by atoms with van der Waals surface area (Å²) in [5, 5.41) is 49.8. The topological polar surface area (TPSA) is 252 Å². The van der Waals surface area contributed by atoms with Crippen LogP contribution in [0.1, 0.15) is 124 Å². The number of likely N-dealkylation sites (tertiary alicyclic amines) is 3. The largest absolute Gasteiger partial charge is 0.486 e. The molecule has 3 amide bonds. The van der Waals surface area contributed by atoms with Crippen LogP contribution in [0.4, 0.5) is 23.8 Å². The molecule has 14 rings (SSSR count). The van der Waals surface area contributed by atoms with Crippen molar-refractivity contribution in [2.75, 3.05) is 57.4 Å². The molecule has 9 heterocycles. The summed E-state index contributed by atoms with van der Waals surface area (Å²) in [4.78, 5) is 63.8. The van der Waals surface area contributed by atoms with Crippen LogP contribution in [0.5, 0.6) is 11.8 Å². The number of anilines is 1. The van der Waals surface area contributed by atoms with Crippen molar-refractivity contribution in [3.05, 3.63) is 112 Å². The van der Waals surface area contributed by atoms with Crippen LogP contribution >= 0.6 is 11.3 Å². The highest BCUT2D eigenvalue weighted by molar-refractivity contribution is 7.13. The number of ether oxygens (including phenoxy) is 3. The lowest BCUT2D eigenvalue weighted by atomic mass is 9.88. The molecule has 6 aliphatic rings. The molecule has 1 aliphatic carbocycles. The van der Waals surface area contributed by atoms with Crippen molar-refractivity contribution in [1.29, 1.82) is 0 Å². The summed E-state index contributed by atoms with van der Waals surface area (Å²) >= 11 is 1.53. The smallest absolute Gasteiger partial charge is 0.407 e. The van der Waals surface area contributed by atoms with E-state index in [0.717, 1.165) is 59.4 Å². The highest BCUT2D eigenvalue weighted by atomic mass is 32.1. The van der Waals surface area contributed by atoms with Crippen LogP contribution < -0.4 is 19.7 Å². The van der Waals surface area contributed by atoms with E-state index in [1.54, 1.807) is 34.4 Å². The molecule has 1 saturated carbocycles. The van der Waals surface area contributed by atoms with Gasteiger partial charge in [0.15, 0.2) is 12.0 Å². The number of aliphatic hydroxyl groups is 2. The van der Waals surface area contributed by atoms with Gasteiger partial charge < -0.3 is 49.5 Å². The number of carbonyl (C=O) groups is 3. The quantitative estimate of drug-likeness (QED) is 0.0554. The number of piperazine rings is 1. The molecule has 1 unspecified atom stereocenters. The van der Waals surface area contributed by atoms with E-state index in [2.05, 4.69) is 31.6 Å². The molecule has 94 heavy (non-hydrogen) atoms. The van der Waals surface area contributed by atoms with Gasteiger partial charge in [-0.2, -0.15) is 15.1 Å². The zero-order valence-corrected chi connectivity index (χ0v) is 53.6. The number of thiazole rings is 1. The molecule has 22 nitrogen and oxygen atoms in total. The molecular weight excluding hydrogens is 1230 g/mol. The Morgan fingerprint density at radius 2 is 1.66 bits per heavy atom. The fraction of sp³-hybridized carbons (Fsp3) is 0.485. The summed E-state index contributed by atoms with van der Waals surface area (Å²) in [5.74, 6) is -0.674. The van der Waals surface area contributed by atoms with Gasteiger partial charge in [0.1, 0.15) is 47.6 Å². The third-order valence-electron chi connectivity index (χ3n) is 19.7. The van der Waals surface area contributed by atoms with Crippen LogP contribution in [-0.2, 0) is 20.9 Å². The van der Waals surface area contributed by atoms with Gasteiger partial charge in [0.25, 0.3) is 6.43 Å². The first-order valence-electron chi connectivity index (χ1n) is 32.6. The van der Waals surface area contributed by atoms with Crippen LogP contribution in [0.3, 0.4) is 0 Å². The van der Waals surface area contributed by atoms with Crippen LogP contribution in [0.2, 0.25) is 0 Å². The van der Waals surface area contributed by atoms with E-state index >= 15 is 4.39 Å². The molecule has 4 N–H and O–H groups in total. The summed E-state index contributed by atoms with van der Waals surface area (Å²) in [6, 6.07) is 15.6. The minimum atomic E-state index is -2.47. The molecule has 8 aromatic rings. The summed E-state index contributed by atoms with van der Waals surface area (Å²) in [7, 11) is 0. The summed E-state index contributed by atoms with van der Waals surface area (Å²) in [5.41, 5.74) is 9.80. The molecule has 4 aromatic carbocycles. The molecule has 2 bridgehead atoms. The predicted octanol–water partition coefficient (Wildman–Crippen LogP) is 10.00. The molecule has 7 atom stereocenters. The van der Waals surface area contributed by atoms with Gasteiger partial charge in [-0.1, -0.05) is 67.6 Å². The molecule has 0 radical (unpaired) electrons. The van der Waals surface area contributed by atoms with E-state index in [9.17, 15) is 38.5 Å². The minimum Gasteiger partial charge on any atom is -0.486 e. The number of fused-ring (bicyclic) bond motifs is 4. The maximum Gasteiger partial charge on any atom is 0.407 e. The van der Waals surface area contributed by atoms with Crippen molar-refractivity contribution in [2.45, 2.75) is 153 Å². The molecule has 26 heteroatoms. The van der Waals surface area contributed by atoms with Crippen molar-refractivity contribution >= 4 is 56.9 Å². The van der Waals surface area contributed by atoms with Crippen LogP contribution in [0.25, 0.3) is 54.6 Å². The van der Waals surface area contributed by atoms with Crippen LogP contribution in [0.15, 0.2) is 78.6 Å². The second-order valence-electron chi connectivity index (χ2n) is 26.3. The normalized spacial score (nSPS) is 21.7. The summed E-state index contributed by atoms with van der Waals surface area (Å²) in [6.45, 7) is 8.69. The summed E-state index contributed by atoms with van der Waals surface area (Å²) in [6.07, 6.45) is 4.13. The third kappa shape index (κ3) is 12.3. The predicted molar refractivity (Wildman–Crippen MR) is 344 cm³/mol. The first kappa shape index (κ1) is 63.1. The van der Waals surface area contributed by atoms with Crippen LogP contribution in [0, 0.1) is 25.6 Å². The fourth-order valence-electron chi connectivity index (χ4n) is 14.6. The second kappa shape index (κ2) is 26.1. The van der Waals surface area contributed by atoms with Crippen molar-refractivity contribution in [2.24, 2.45) is 5.92 Å². The molecule has 0 spiro atoms. The Labute approximate surface area is 544 Å². The molecule has 5 aliphatic heterocycles. The molecule has 5 saturated heterocycles. The number of benzene rings is 4. The Morgan fingerprint density at radius 1 is 0.883 bits per heavy atom. The zero-order chi connectivity index (χ0) is 65.2. The number of rotatable bonds is 20. The van der Waals surface area contributed by atoms with Gasteiger partial charge in [0, 0.05) is 79.3 Å². The maximum atomic E-state index is 17.0. The Balaban J connectivity index is 0.782. The number of carboxylic acid groups (broad SMARTS) is 1. The van der Waals surface area contributed by atoms with Gasteiger partial charge in [-0.15, -0.1) is 16.4 Å². The SMILES string of the molecule is Cc1ncsc1-c1ccc([C@H](CO)NC(=O)[C@@H]2C[C@@H](O)CN2C(=O)[C@H](C(C)C)n2cc(-c3ccc(COc4c(-c5c(C)c(F)cc6c5cnn6C5CCCCO5)c(C5CC5)cc5c(N6C[C@@H]7C[C@H]6CN7C(=O)O)nc(OC6CCN(CC(F)F)CC6)nc45)cc3)nn2)cc1. The van der Waals surface area contributed by atoms with Gasteiger partial charge in [-0.3, -0.25) is 14.5 Å². The molecule has 494 valence electrons. The lowest BCUT2D eigenvalue weighted by molar-refractivity contribution is -0.142. The Bertz CT molecular complexity index is 4130. The van der Waals surface area contributed by atoms with Gasteiger partial charge >= 0.3 is 12.1 Å². The lowest BCUT2D eigenvalue weighted by Gasteiger charge is -2.35. The Morgan fingerprint density at radius 3 is 2.33 bits per heavy atom. The number of aromatic nitrogens is 8. The number of alkyl halides is 2. The standard InChI is InChI=1S/C68H76F3N13O9S/c1-36(2)61(66(88)82-30-46(86)24-55(82)65(87)74-53(33-85)42-14-16-43(17-15-42)63-38(4)72-35-94-63)83-31-52(77-78-83)41-10-8-39(9-11-41)34-92-62-59(58-37(3)51(69)26-54-50(58)27-73-84(54)57-7-5-6-22-91-57)48(40-12-13-40)25-49-60(62)75-67(93-47-18-20-79(21-19-47)32-56(70)71)76-64(49)80-28-45-23-44(80)29-81(45)68(89)90/h8-11,14-17,25-27,31,35-36,40,44-47,53,55-57,61,85-86H,5-7,12-13,18-24,28-30,32-34H2,1-4H3,(H,74,87)(H,89,90)/t44-,45-,46+,53-,55-,57?,61-/m0/s1. The first-order chi connectivity index (χ1) is 45.5. The van der Waals surface area contributed by atoms with E-state index in [0.29, 0.717) is 112 Å². The average Bonchev–Trinajstić information content (AvgIpc) is 1.32.